The van der Waals surface area contributed by atoms with Crippen molar-refractivity contribution in [3.63, 3.8) is 0 Å². The largest absolute Gasteiger partial charge is 0.381 e. The Morgan fingerprint density at radius 3 is 2.95 bits per heavy atom. The summed E-state index contributed by atoms with van der Waals surface area (Å²) in [6.45, 7) is 4.32. The number of amides is 1. The van der Waals surface area contributed by atoms with E-state index >= 15 is 0 Å². The van der Waals surface area contributed by atoms with Gasteiger partial charge in [0, 0.05) is 37.2 Å². The molecule has 0 spiro atoms. The van der Waals surface area contributed by atoms with E-state index in [1.807, 2.05) is 6.92 Å². The van der Waals surface area contributed by atoms with Crippen molar-refractivity contribution in [2.45, 2.75) is 13.3 Å². The normalized spacial score (nSPS) is 17.5. The number of hydrogen-bond donors (Lipinski definition) is 2. The molecule has 1 unspecified atom stereocenters. The summed E-state index contributed by atoms with van der Waals surface area (Å²) in [4.78, 5) is 22.4. The van der Waals surface area contributed by atoms with Crippen molar-refractivity contribution in [2.24, 2.45) is 5.92 Å². The molecule has 1 aromatic carbocycles. The van der Waals surface area contributed by atoms with Gasteiger partial charge in [0.15, 0.2) is 0 Å². The SMILES string of the molecule is CCNC(=O)c1ccc([N+](=O)[O-])c(NCC2CCOC2)c1. The van der Waals surface area contributed by atoms with E-state index in [0.717, 1.165) is 13.0 Å². The van der Waals surface area contributed by atoms with Gasteiger partial charge in [0.2, 0.25) is 0 Å². The van der Waals surface area contributed by atoms with Gasteiger partial charge in [-0.1, -0.05) is 0 Å². The maximum absolute atomic E-state index is 11.8. The highest BCUT2D eigenvalue weighted by Gasteiger charge is 2.20. The molecule has 1 fully saturated rings. The van der Waals surface area contributed by atoms with Gasteiger partial charge in [0.25, 0.3) is 11.6 Å². The molecule has 0 aliphatic carbocycles. The zero-order valence-corrected chi connectivity index (χ0v) is 11.9. The van der Waals surface area contributed by atoms with E-state index in [1.54, 1.807) is 0 Å². The minimum Gasteiger partial charge on any atom is -0.381 e. The molecule has 1 atom stereocenters. The standard InChI is InChI=1S/C14H19N3O4/c1-2-15-14(18)11-3-4-13(17(19)20)12(7-11)16-8-10-5-6-21-9-10/h3-4,7,10,16H,2,5-6,8-9H2,1H3,(H,15,18). The molecule has 1 saturated heterocycles. The highest BCUT2D eigenvalue weighted by molar-refractivity contribution is 5.95. The first-order chi connectivity index (χ1) is 10.1. The highest BCUT2D eigenvalue weighted by Crippen LogP contribution is 2.26. The summed E-state index contributed by atoms with van der Waals surface area (Å²) in [7, 11) is 0. The molecule has 1 amide bonds. The Morgan fingerprint density at radius 1 is 1.52 bits per heavy atom. The van der Waals surface area contributed by atoms with Gasteiger partial charge in [-0.15, -0.1) is 0 Å². The predicted molar refractivity (Wildman–Crippen MR) is 78.5 cm³/mol. The van der Waals surface area contributed by atoms with Crippen molar-refractivity contribution in [1.29, 1.82) is 0 Å². The molecule has 0 saturated carbocycles. The summed E-state index contributed by atoms with van der Waals surface area (Å²) >= 11 is 0. The smallest absolute Gasteiger partial charge is 0.292 e. The van der Waals surface area contributed by atoms with Gasteiger partial charge in [0.05, 0.1) is 11.5 Å². The first kappa shape index (κ1) is 15.2. The lowest BCUT2D eigenvalue weighted by Crippen LogP contribution is -2.23. The van der Waals surface area contributed by atoms with Crippen LogP contribution in [0.15, 0.2) is 18.2 Å². The number of anilines is 1. The molecule has 2 rings (SSSR count). The fourth-order valence-electron chi connectivity index (χ4n) is 2.24. The Labute approximate surface area is 122 Å². The summed E-state index contributed by atoms with van der Waals surface area (Å²) in [5.41, 5.74) is 0.755. The molecule has 1 heterocycles. The number of benzene rings is 1. The molecule has 21 heavy (non-hydrogen) atoms. The van der Waals surface area contributed by atoms with Crippen LogP contribution in [0.2, 0.25) is 0 Å². The van der Waals surface area contributed by atoms with Crippen LogP contribution in [0.4, 0.5) is 11.4 Å². The second-order valence-corrected chi connectivity index (χ2v) is 4.96. The molecule has 0 aromatic heterocycles. The third-order valence-corrected chi connectivity index (χ3v) is 3.40. The highest BCUT2D eigenvalue weighted by atomic mass is 16.6. The van der Waals surface area contributed by atoms with Crippen LogP contribution in [0.3, 0.4) is 0 Å². The lowest BCUT2D eigenvalue weighted by Gasteiger charge is -2.12. The maximum Gasteiger partial charge on any atom is 0.292 e. The Morgan fingerprint density at radius 2 is 2.33 bits per heavy atom. The number of nitro groups is 1. The van der Waals surface area contributed by atoms with E-state index in [2.05, 4.69) is 10.6 Å². The fraction of sp³-hybridized carbons (Fsp3) is 0.500. The van der Waals surface area contributed by atoms with E-state index in [9.17, 15) is 14.9 Å². The third-order valence-electron chi connectivity index (χ3n) is 3.40. The van der Waals surface area contributed by atoms with Gasteiger partial charge < -0.3 is 15.4 Å². The average molecular weight is 293 g/mol. The van der Waals surface area contributed by atoms with E-state index in [4.69, 9.17) is 4.74 Å². The molecular formula is C14H19N3O4. The van der Waals surface area contributed by atoms with Crippen molar-refractivity contribution >= 4 is 17.3 Å². The van der Waals surface area contributed by atoms with Gasteiger partial charge in [-0.05, 0) is 25.5 Å². The monoisotopic (exact) mass is 293 g/mol. The molecule has 7 heteroatoms. The summed E-state index contributed by atoms with van der Waals surface area (Å²) < 4.78 is 5.28. The molecule has 1 aliphatic rings. The summed E-state index contributed by atoms with van der Waals surface area (Å²) in [5, 5.41) is 16.8. The molecule has 0 radical (unpaired) electrons. The first-order valence-electron chi connectivity index (χ1n) is 7.00. The zero-order valence-electron chi connectivity index (χ0n) is 11.9. The Kier molecular flexibility index (Phi) is 5.10. The third kappa shape index (κ3) is 3.91. The Bertz CT molecular complexity index is 527. The second-order valence-electron chi connectivity index (χ2n) is 4.96. The number of nitro benzene ring substituents is 1. The summed E-state index contributed by atoms with van der Waals surface area (Å²) in [6, 6.07) is 4.35. The minimum absolute atomic E-state index is 0.0260. The van der Waals surface area contributed by atoms with Gasteiger partial charge in [0.1, 0.15) is 5.69 Å². The van der Waals surface area contributed by atoms with Crippen molar-refractivity contribution in [3.8, 4) is 0 Å². The number of nitrogens with zero attached hydrogens (tertiary/aromatic N) is 1. The zero-order chi connectivity index (χ0) is 15.2. The van der Waals surface area contributed by atoms with Gasteiger partial charge in [-0.2, -0.15) is 0 Å². The summed E-state index contributed by atoms with van der Waals surface area (Å²) in [5.74, 6) is 0.109. The molecule has 0 bridgehead atoms. The Balaban J connectivity index is 2.15. The predicted octanol–water partition coefficient (Wildman–Crippen LogP) is 1.79. The number of carbonyl (C=O) groups excluding carboxylic acids is 1. The lowest BCUT2D eigenvalue weighted by molar-refractivity contribution is -0.384. The maximum atomic E-state index is 11.8. The fourth-order valence-corrected chi connectivity index (χ4v) is 2.24. The molecule has 1 aliphatic heterocycles. The molecular weight excluding hydrogens is 274 g/mol. The van der Waals surface area contributed by atoms with Crippen molar-refractivity contribution in [2.75, 3.05) is 31.6 Å². The quantitative estimate of drug-likeness (QED) is 0.616. The van der Waals surface area contributed by atoms with Crippen LogP contribution in [0.25, 0.3) is 0 Å². The second kappa shape index (κ2) is 7.03. The van der Waals surface area contributed by atoms with Crippen LogP contribution in [0.1, 0.15) is 23.7 Å². The van der Waals surface area contributed by atoms with Crippen LogP contribution in [0, 0.1) is 16.0 Å². The van der Waals surface area contributed by atoms with Crippen LogP contribution in [-0.4, -0.2) is 37.1 Å². The van der Waals surface area contributed by atoms with Crippen molar-refractivity contribution < 1.29 is 14.5 Å². The van der Waals surface area contributed by atoms with Gasteiger partial charge in [-0.25, -0.2) is 0 Å². The van der Waals surface area contributed by atoms with Crippen LogP contribution in [0.5, 0.6) is 0 Å². The molecule has 7 nitrogen and oxygen atoms in total. The molecule has 1 aromatic rings. The van der Waals surface area contributed by atoms with Crippen LogP contribution < -0.4 is 10.6 Å². The van der Waals surface area contributed by atoms with Gasteiger partial charge in [-0.3, -0.25) is 14.9 Å². The summed E-state index contributed by atoms with van der Waals surface area (Å²) in [6.07, 6.45) is 0.941. The first-order valence-corrected chi connectivity index (χ1v) is 7.00. The van der Waals surface area contributed by atoms with E-state index < -0.39 is 4.92 Å². The number of ether oxygens (including phenoxy) is 1. The van der Waals surface area contributed by atoms with E-state index in [0.29, 0.717) is 36.9 Å². The number of hydrogen-bond acceptors (Lipinski definition) is 5. The Hall–Kier alpha value is -2.15. The average Bonchev–Trinajstić information content (AvgIpc) is 2.98. The lowest BCUT2D eigenvalue weighted by atomic mass is 10.1. The number of nitrogens with one attached hydrogen (secondary N) is 2. The van der Waals surface area contributed by atoms with Gasteiger partial charge >= 0.3 is 0 Å². The van der Waals surface area contributed by atoms with E-state index in [-0.39, 0.29) is 11.6 Å². The van der Waals surface area contributed by atoms with Crippen molar-refractivity contribution in [3.05, 3.63) is 33.9 Å². The molecule has 114 valence electrons. The minimum atomic E-state index is -0.449. The van der Waals surface area contributed by atoms with Crippen LogP contribution in [-0.2, 0) is 4.74 Å². The van der Waals surface area contributed by atoms with E-state index in [1.165, 1.54) is 18.2 Å². The van der Waals surface area contributed by atoms with Crippen molar-refractivity contribution in [1.82, 2.24) is 5.32 Å². The number of rotatable bonds is 6. The topological polar surface area (TPSA) is 93.5 Å². The number of carbonyl (C=O) groups is 1. The van der Waals surface area contributed by atoms with Crippen LogP contribution >= 0.6 is 0 Å². The molecule has 2 N–H and O–H groups in total.